The summed E-state index contributed by atoms with van der Waals surface area (Å²) in [6.07, 6.45) is -0.471. The lowest BCUT2D eigenvalue weighted by atomic mass is 10.0. The van der Waals surface area contributed by atoms with E-state index in [1.54, 1.807) is 58.9 Å². The molecule has 0 saturated carbocycles. The van der Waals surface area contributed by atoms with E-state index >= 15 is 0 Å². The van der Waals surface area contributed by atoms with Crippen LogP contribution >= 0.6 is 0 Å². The van der Waals surface area contributed by atoms with Gasteiger partial charge in [0.15, 0.2) is 0 Å². The van der Waals surface area contributed by atoms with E-state index in [0.29, 0.717) is 5.56 Å². The highest BCUT2D eigenvalue weighted by molar-refractivity contribution is 7.96. The minimum absolute atomic E-state index is 0.131. The fraction of sp³-hybridized carbons (Fsp3) is 0.294. The maximum atomic E-state index is 13.9. The Morgan fingerprint density at radius 3 is 2.24 bits per heavy atom. The largest absolute Gasteiger partial charge is 0.488 e. The minimum Gasteiger partial charge on any atom is -0.488 e. The van der Waals surface area contributed by atoms with E-state index in [1.807, 2.05) is 0 Å². The van der Waals surface area contributed by atoms with Gasteiger partial charge in [0.05, 0.1) is 15.4 Å². The summed E-state index contributed by atoms with van der Waals surface area (Å²) in [5.74, 6) is -2.88. The first-order chi connectivity index (χ1) is 23.4. The Labute approximate surface area is 289 Å². The lowest BCUT2D eigenvalue weighted by Gasteiger charge is -2.23. The van der Waals surface area contributed by atoms with E-state index in [9.17, 15) is 37.7 Å². The Morgan fingerprint density at radius 2 is 1.62 bits per heavy atom. The molecular weight excluding hydrogens is 670 g/mol. The molecule has 3 rings (SSSR count). The molecule has 0 aromatic heterocycles. The molecular formula is C34H39N5O10S. The molecule has 3 aromatic rings. The van der Waals surface area contributed by atoms with E-state index in [2.05, 4.69) is 16.2 Å². The molecule has 0 radical (unpaired) electrons. The molecule has 15 nitrogen and oxygen atoms in total. The first-order valence-corrected chi connectivity index (χ1v) is 16.7. The molecule has 0 fully saturated rings. The Hall–Kier alpha value is -5.77. The van der Waals surface area contributed by atoms with Crippen LogP contribution in [0.4, 0.5) is 10.5 Å². The second-order valence-electron chi connectivity index (χ2n) is 12.1. The van der Waals surface area contributed by atoms with Crippen LogP contribution in [0.25, 0.3) is 6.08 Å². The number of carbonyl (C=O) groups is 4. The van der Waals surface area contributed by atoms with Gasteiger partial charge in [-0.3, -0.25) is 35.3 Å². The fourth-order valence-corrected chi connectivity index (χ4v) is 5.94. The highest BCUT2D eigenvalue weighted by atomic mass is 32.2. The average molecular weight is 710 g/mol. The number of para-hydroxylation sites is 1. The number of sulfone groups is 1. The third-order valence-corrected chi connectivity index (χ3v) is 8.67. The van der Waals surface area contributed by atoms with Crippen LogP contribution in [0.15, 0.2) is 76.5 Å². The zero-order valence-electron chi connectivity index (χ0n) is 28.1. The summed E-state index contributed by atoms with van der Waals surface area (Å²) in [4.78, 5) is 60.6. The highest BCUT2D eigenvalue weighted by Crippen LogP contribution is 2.31. The van der Waals surface area contributed by atoms with E-state index in [1.165, 1.54) is 42.5 Å². The predicted octanol–water partition coefficient (Wildman–Crippen LogP) is 3.91. The lowest BCUT2D eigenvalue weighted by molar-refractivity contribution is -0.385. The molecule has 0 spiro atoms. The van der Waals surface area contributed by atoms with Gasteiger partial charge in [-0.2, -0.15) is 0 Å². The van der Waals surface area contributed by atoms with Crippen molar-refractivity contribution >= 4 is 45.4 Å². The molecule has 1 atom stereocenters. The van der Waals surface area contributed by atoms with Gasteiger partial charge >= 0.3 is 6.09 Å². The molecule has 0 aliphatic carbocycles. The summed E-state index contributed by atoms with van der Waals surface area (Å²) in [6, 6.07) is 15.0. The Kier molecular flexibility index (Phi) is 12.8. The first-order valence-electron chi connectivity index (χ1n) is 15.2. The third kappa shape index (κ3) is 10.9. The van der Waals surface area contributed by atoms with E-state index in [4.69, 9.17) is 15.2 Å². The number of carbonyl (C=O) groups excluding carboxylic acids is 4. The number of rotatable bonds is 13. The van der Waals surface area contributed by atoms with Crippen LogP contribution in [0, 0.1) is 24.0 Å². The van der Waals surface area contributed by atoms with Gasteiger partial charge in [0.25, 0.3) is 17.5 Å². The maximum Gasteiger partial charge on any atom is 0.408 e. The van der Waals surface area contributed by atoms with Gasteiger partial charge in [-0.05, 0) is 82.5 Å². The Balaban J connectivity index is 2.02. The third-order valence-electron chi connectivity index (χ3n) is 6.89. The number of aryl methyl sites for hydroxylation is 2. The maximum absolute atomic E-state index is 13.9. The summed E-state index contributed by atoms with van der Waals surface area (Å²) in [6.45, 7) is 7.98. The molecule has 0 aliphatic heterocycles. The van der Waals surface area contributed by atoms with Crippen LogP contribution in [-0.4, -0.2) is 48.8 Å². The highest BCUT2D eigenvalue weighted by Gasteiger charge is 2.30. The average Bonchev–Trinajstić information content (AvgIpc) is 3.03. The molecule has 3 aromatic carbocycles. The summed E-state index contributed by atoms with van der Waals surface area (Å²) in [7, 11) is -4.55. The quantitative estimate of drug-likeness (QED) is 0.114. The van der Waals surface area contributed by atoms with Crippen molar-refractivity contribution in [3.63, 3.8) is 0 Å². The van der Waals surface area contributed by atoms with Gasteiger partial charge < -0.3 is 20.5 Å². The zero-order valence-corrected chi connectivity index (χ0v) is 29.0. The number of nitrogens with zero attached hydrogens (tertiary/aromatic N) is 1. The second-order valence-corrected chi connectivity index (χ2v) is 14.1. The molecule has 0 unspecified atom stereocenters. The van der Waals surface area contributed by atoms with Crippen LogP contribution in [0.5, 0.6) is 5.75 Å². The molecule has 16 heteroatoms. The van der Waals surface area contributed by atoms with Crippen LogP contribution in [-0.2, 0) is 35.6 Å². The Bertz CT molecular complexity index is 1900. The van der Waals surface area contributed by atoms with Crippen molar-refractivity contribution in [2.24, 2.45) is 5.73 Å². The van der Waals surface area contributed by atoms with Crippen molar-refractivity contribution in [2.75, 3.05) is 0 Å². The standard InChI is InChI=1S/C34H39N5O10S/c1-21-17-22(2)25(28(18-21)48-20-23-11-9-10-14-27(23)39(44)45)19-29(50(46,47)24-12-7-6-8-13-24)32(42)38-37-31(41)26(15-16-30(35)40)36-33(43)49-34(3,4)5/h6-14,17-19,26H,15-16,20H2,1-5H3,(H2,35,40)(H,36,43)(H,37,41)(H,38,42)/b29-19+/t26-/m0/s1. The van der Waals surface area contributed by atoms with Crippen molar-refractivity contribution < 1.29 is 42.0 Å². The normalized spacial score (nSPS) is 12.3. The number of nitrogens with one attached hydrogen (secondary N) is 3. The number of nitro benzene ring substituents is 1. The summed E-state index contributed by atoms with van der Waals surface area (Å²) in [5.41, 5.74) is 9.99. The number of primary amides is 1. The summed E-state index contributed by atoms with van der Waals surface area (Å²) in [5, 5.41) is 13.9. The number of amides is 4. The number of nitrogens with two attached hydrogens (primary N) is 1. The molecule has 0 saturated heterocycles. The minimum atomic E-state index is -4.55. The summed E-state index contributed by atoms with van der Waals surface area (Å²) >= 11 is 0. The predicted molar refractivity (Wildman–Crippen MR) is 183 cm³/mol. The fourth-order valence-electron chi connectivity index (χ4n) is 4.61. The van der Waals surface area contributed by atoms with E-state index in [0.717, 1.165) is 11.6 Å². The van der Waals surface area contributed by atoms with Crippen molar-refractivity contribution in [1.29, 1.82) is 0 Å². The van der Waals surface area contributed by atoms with Crippen LogP contribution in [0.1, 0.15) is 55.9 Å². The van der Waals surface area contributed by atoms with E-state index < -0.39 is 55.1 Å². The molecule has 4 amide bonds. The first kappa shape index (κ1) is 38.7. The molecule has 50 heavy (non-hydrogen) atoms. The van der Waals surface area contributed by atoms with Gasteiger partial charge in [-0.15, -0.1) is 0 Å². The van der Waals surface area contributed by atoms with E-state index in [-0.39, 0.29) is 46.9 Å². The molecule has 0 heterocycles. The van der Waals surface area contributed by atoms with Crippen LogP contribution in [0.3, 0.4) is 0 Å². The SMILES string of the molecule is Cc1cc(C)c(/C=C(\C(=O)NNC(=O)[C@H](CCC(N)=O)NC(=O)OC(C)(C)C)S(=O)(=O)c2ccccc2)c(OCc2ccccc2[N+](=O)[O-])c1. The number of benzene rings is 3. The monoisotopic (exact) mass is 709 g/mol. The topological polar surface area (TPSA) is 226 Å². The van der Waals surface area contributed by atoms with Gasteiger partial charge in [0.2, 0.25) is 15.7 Å². The van der Waals surface area contributed by atoms with Crippen LogP contribution in [0.2, 0.25) is 0 Å². The molecule has 0 bridgehead atoms. The smallest absolute Gasteiger partial charge is 0.408 e. The van der Waals surface area contributed by atoms with Gasteiger partial charge in [-0.1, -0.05) is 36.4 Å². The zero-order chi connectivity index (χ0) is 37.2. The molecule has 266 valence electrons. The Morgan fingerprint density at radius 1 is 0.980 bits per heavy atom. The van der Waals surface area contributed by atoms with Gasteiger partial charge in [0.1, 0.15) is 28.9 Å². The lowest BCUT2D eigenvalue weighted by Crippen LogP contribution is -2.53. The molecule has 0 aliphatic rings. The second kappa shape index (κ2) is 16.6. The van der Waals surface area contributed by atoms with Crippen molar-refractivity contribution in [3.05, 3.63) is 104 Å². The van der Waals surface area contributed by atoms with Crippen molar-refractivity contribution in [3.8, 4) is 5.75 Å². The summed E-state index contributed by atoms with van der Waals surface area (Å²) < 4.78 is 39.0. The van der Waals surface area contributed by atoms with Crippen molar-refractivity contribution in [2.45, 2.75) is 70.6 Å². The molecule has 5 N–H and O–H groups in total. The van der Waals surface area contributed by atoms with Gasteiger partial charge in [-0.25, -0.2) is 13.2 Å². The number of alkyl carbamates (subject to hydrolysis) is 1. The number of hydrazine groups is 1. The van der Waals surface area contributed by atoms with Gasteiger partial charge in [0, 0.05) is 18.1 Å². The number of nitro groups is 1. The van der Waals surface area contributed by atoms with Crippen molar-refractivity contribution in [1.82, 2.24) is 16.2 Å². The van der Waals surface area contributed by atoms with Crippen LogP contribution < -0.4 is 26.6 Å². The number of hydrogen-bond acceptors (Lipinski definition) is 10. The number of ether oxygens (including phenoxy) is 2. The number of hydrogen-bond donors (Lipinski definition) is 4.